The second-order valence-electron chi connectivity index (χ2n) is 5.99. The predicted octanol–water partition coefficient (Wildman–Crippen LogP) is 2.94. The number of hydrogen-bond acceptors (Lipinski definition) is 2. The molecule has 1 fully saturated rings. The van der Waals surface area contributed by atoms with E-state index in [0.29, 0.717) is 31.7 Å². The summed E-state index contributed by atoms with van der Waals surface area (Å²) in [5.41, 5.74) is 0.366. The number of carbonyl (C=O) groups excluding carboxylic acids is 2. The monoisotopic (exact) mass is 320 g/mol. The van der Waals surface area contributed by atoms with E-state index >= 15 is 0 Å². The van der Waals surface area contributed by atoms with Crippen molar-refractivity contribution in [1.29, 1.82) is 0 Å². The third-order valence-corrected chi connectivity index (χ3v) is 4.50. The van der Waals surface area contributed by atoms with Crippen LogP contribution in [0.4, 0.5) is 4.39 Å². The molecule has 1 aliphatic rings. The van der Waals surface area contributed by atoms with Crippen LogP contribution in [0.5, 0.6) is 0 Å². The zero-order valence-corrected chi connectivity index (χ0v) is 13.9. The van der Waals surface area contributed by atoms with Gasteiger partial charge in [0, 0.05) is 37.7 Å². The van der Waals surface area contributed by atoms with Crippen molar-refractivity contribution in [3.8, 4) is 0 Å². The lowest BCUT2D eigenvalue weighted by Crippen LogP contribution is -2.39. The number of halogens is 1. The van der Waals surface area contributed by atoms with Gasteiger partial charge in [0.15, 0.2) is 0 Å². The van der Waals surface area contributed by atoms with E-state index in [1.165, 1.54) is 12.1 Å². The first-order valence-corrected chi connectivity index (χ1v) is 8.40. The molecule has 0 bridgehead atoms. The molecule has 1 aromatic carbocycles. The Morgan fingerprint density at radius 1 is 1.09 bits per heavy atom. The fraction of sp³-hybridized carbons (Fsp3) is 0.556. The van der Waals surface area contributed by atoms with Gasteiger partial charge in [0.2, 0.25) is 5.91 Å². The van der Waals surface area contributed by atoms with Crippen LogP contribution in [0.15, 0.2) is 24.3 Å². The zero-order valence-electron chi connectivity index (χ0n) is 13.9. The molecule has 5 heteroatoms. The Bertz CT molecular complexity index is 558. The molecule has 1 aromatic rings. The molecule has 126 valence electrons. The summed E-state index contributed by atoms with van der Waals surface area (Å²) in [6.45, 7) is 6.40. The van der Waals surface area contributed by atoms with Crippen LogP contribution in [0.25, 0.3) is 0 Å². The summed E-state index contributed by atoms with van der Waals surface area (Å²) < 4.78 is 13.3. The summed E-state index contributed by atoms with van der Waals surface area (Å²) in [6, 6.07) is 5.77. The minimum absolute atomic E-state index is 0.0699. The van der Waals surface area contributed by atoms with Crippen LogP contribution in [-0.2, 0) is 4.79 Å². The highest BCUT2D eigenvalue weighted by Gasteiger charge is 2.26. The third kappa shape index (κ3) is 4.30. The molecule has 0 atom stereocenters. The summed E-state index contributed by atoms with van der Waals surface area (Å²) >= 11 is 0. The molecule has 1 heterocycles. The lowest BCUT2D eigenvalue weighted by atomic mass is 10.0. The summed E-state index contributed by atoms with van der Waals surface area (Å²) in [5.74, 6) is -0.312. The Morgan fingerprint density at radius 3 is 2.39 bits per heavy atom. The van der Waals surface area contributed by atoms with E-state index in [2.05, 4.69) is 0 Å². The number of carbonyl (C=O) groups is 2. The Labute approximate surface area is 137 Å². The van der Waals surface area contributed by atoms with Crippen molar-refractivity contribution < 1.29 is 14.0 Å². The Hall–Kier alpha value is -1.91. The van der Waals surface area contributed by atoms with Crippen LogP contribution in [0.2, 0.25) is 0 Å². The van der Waals surface area contributed by atoms with E-state index in [0.717, 1.165) is 19.3 Å². The van der Waals surface area contributed by atoms with Crippen molar-refractivity contribution in [3.63, 3.8) is 0 Å². The van der Waals surface area contributed by atoms with Crippen molar-refractivity contribution in [2.45, 2.75) is 33.1 Å². The molecule has 0 radical (unpaired) electrons. The molecule has 2 amide bonds. The van der Waals surface area contributed by atoms with Crippen molar-refractivity contribution >= 4 is 11.8 Å². The molecule has 0 spiro atoms. The Kier molecular flexibility index (Phi) is 6.13. The lowest BCUT2D eigenvalue weighted by Gasteiger charge is -2.25. The Morgan fingerprint density at radius 2 is 1.74 bits per heavy atom. The van der Waals surface area contributed by atoms with Gasteiger partial charge >= 0.3 is 0 Å². The van der Waals surface area contributed by atoms with Gasteiger partial charge in [-0.2, -0.15) is 0 Å². The summed E-state index contributed by atoms with van der Waals surface area (Å²) in [5, 5.41) is 0. The summed E-state index contributed by atoms with van der Waals surface area (Å²) in [7, 11) is 0. The quantitative estimate of drug-likeness (QED) is 0.856. The molecule has 0 aliphatic carbocycles. The van der Waals surface area contributed by atoms with Gasteiger partial charge in [-0.15, -0.1) is 0 Å². The highest BCUT2D eigenvalue weighted by molar-refractivity contribution is 5.94. The van der Waals surface area contributed by atoms with Gasteiger partial charge in [-0.3, -0.25) is 9.59 Å². The second kappa shape index (κ2) is 8.09. The van der Waals surface area contributed by atoms with E-state index < -0.39 is 5.82 Å². The first-order chi connectivity index (χ1) is 11.1. The van der Waals surface area contributed by atoms with E-state index in [9.17, 15) is 14.0 Å². The van der Waals surface area contributed by atoms with Crippen molar-refractivity contribution in [3.05, 3.63) is 35.6 Å². The van der Waals surface area contributed by atoms with Gasteiger partial charge in [0.05, 0.1) is 0 Å². The number of hydrogen-bond donors (Lipinski definition) is 0. The van der Waals surface area contributed by atoms with Gasteiger partial charge in [0.25, 0.3) is 5.91 Å². The minimum Gasteiger partial charge on any atom is -0.341 e. The SMILES string of the molecule is CCC(CC)C(=O)N1CCCN(C(=O)c2cccc(F)c2)CC1. The van der Waals surface area contributed by atoms with Gasteiger partial charge in [0.1, 0.15) is 5.82 Å². The van der Waals surface area contributed by atoms with E-state index in [-0.39, 0.29) is 17.7 Å². The van der Waals surface area contributed by atoms with Crippen LogP contribution in [-0.4, -0.2) is 47.8 Å². The van der Waals surface area contributed by atoms with Crippen molar-refractivity contribution in [1.82, 2.24) is 9.80 Å². The maximum Gasteiger partial charge on any atom is 0.254 e. The number of amides is 2. The molecule has 0 aromatic heterocycles. The van der Waals surface area contributed by atoms with E-state index in [1.54, 1.807) is 17.0 Å². The van der Waals surface area contributed by atoms with Gasteiger partial charge in [-0.25, -0.2) is 4.39 Å². The van der Waals surface area contributed by atoms with Crippen LogP contribution in [0.3, 0.4) is 0 Å². The fourth-order valence-electron chi connectivity index (χ4n) is 3.04. The summed E-state index contributed by atoms with van der Waals surface area (Å²) in [4.78, 5) is 28.5. The zero-order chi connectivity index (χ0) is 16.8. The van der Waals surface area contributed by atoms with E-state index in [4.69, 9.17) is 0 Å². The fourth-order valence-corrected chi connectivity index (χ4v) is 3.04. The van der Waals surface area contributed by atoms with Gasteiger partial charge < -0.3 is 9.80 Å². The minimum atomic E-state index is -0.406. The molecule has 2 rings (SSSR count). The molecular formula is C18H25FN2O2. The molecule has 0 unspecified atom stereocenters. The molecule has 4 nitrogen and oxygen atoms in total. The highest BCUT2D eigenvalue weighted by atomic mass is 19.1. The topological polar surface area (TPSA) is 40.6 Å². The van der Waals surface area contributed by atoms with Gasteiger partial charge in [-0.1, -0.05) is 19.9 Å². The molecule has 0 N–H and O–H groups in total. The molecule has 1 aliphatic heterocycles. The lowest BCUT2D eigenvalue weighted by molar-refractivity contribution is -0.135. The first kappa shape index (κ1) is 17.4. The molecule has 23 heavy (non-hydrogen) atoms. The normalized spacial score (nSPS) is 15.7. The molecular weight excluding hydrogens is 295 g/mol. The van der Waals surface area contributed by atoms with Crippen LogP contribution >= 0.6 is 0 Å². The van der Waals surface area contributed by atoms with Crippen molar-refractivity contribution in [2.24, 2.45) is 5.92 Å². The molecule has 1 saturated heterocycles. The maximum absolute atomic E-state index is 13.3. The van der Waals surface area contributed by atoms with Crippen LogP contribution < -0.4 is 0 Å². The van der Waals surface area contributed by atoms with Gasteiger partial charge in [-0.05, 0) is 37.5 Å². The predicted molar refractivity (Wildman–Crippen MR) is 87.6 cm³/mol. The average molecular weight is 320 g/mol. The standard InChI is InChI=1S/C18H25FN2O2/c1-3-14(4-2)17(22)20-9-6-10-21(12-11-20)18(23)15-7-5-8-16(19)13-15/h5,7-8,13-14H,3-4,6,9-12H2,1-2H3. The smallest absolute Gasteiger partial charge is 0.254 e. The number of nitrogens with zero attached hydrogens (tertiary/aromatic N) is 2. The largest absolute Gasteiger partial charge is 0.341 e. The average Bonchev–Trinajstić information content (AvgIpc) is 2.81. The Balaban J connectivity index is 2.01. The van der Waals surface area contributed by atoms with Crippen molar-refractivity contribution in [2.75, 3.05) is 26.2 Å². The third-order valence-electron chi connectivity index (χ3n) is 4.50. The number of benzene rings is 1. The van der Waals surface area contributed by atoms with Crippen LogP contribution in [0, 0.1) is 11.7 Å². The first-order valence-electron chi connectivity index (χ1n) is 8.40. The number of rotatable bonds is 4. The van der Waals surface area contributed by atoms with Crippen LogP contribution in [0.1, 0.15) is 43.5 Å². The molecule has 0 saturated carbocycles. The second-order valence-corrected chi connectivity index (χ2v) is 5.99. The highest BCUT2D eigenvalue weighted by Crippen LogP contribution is 2.15. The maximum atomic E-state index is 13.3. The summed E-state index contributed by atoms with van der Waals surface area (Å²) in [6.07, 6.45) is 2.45. The van der Waals surface area contributed by atoms with E-state index in [1.807, 2.05) is 18.7 Å².